The van der Waals surface area contributed by atoms with E-state index in [1.165, 1.54) is 11.3 Å². The first kappa shape index (κ1) is 14.8. The summed E-state index contributed by atoms with van der Waals surface area (Å²) in [7, 11) is 2.12. The van der Waals surface area contributed by atoms with Crippen molar-refractivity contribution in [1.29, 1.82) is 0 Å². The first-order chi connectivity index (χ1) is 9.52. The lowest BCUT2D eigenvalue weighted by Crippen LogP contribution is -2.48. The van der Waals surface area contributed by atoms with E-state index in [0.717, 1.165) is 12.8 Å². The molecule has 2 saturated heterocycles. The fraction of sp³-hybridized carbons (Fsp3) is 0.714. The van der Waals surface area contributed by atoms with Gasteiger partial charge in [0.1, 0.15) is 6.54 Å². The van der Waals surface area contributed by atoms with E-state index >= 15 is 0 Å². The molecule has 20 heavy (non-hydrogen) atoms. The molecule has 0 saturated carbocycles. The summed E-state index contributed by atoms with van der Waals surface area (Å²) in [5, 5.41) is 8.91. The molecule has 2 rings (SSSR count). The van der Waals surface area contributed by atoms with Gasteiger partial charge in [-0.2, -0.15) is 0 Å². The van der Waals surface area contributed by atoms with Crippen LogP contribution in [0.15, 0.2) is 12.7 Å². The lowest BCUT2D eigenvalue weighted by Gasteiger charge is -2.30. The van der Waals surface area contributed by atoms with Gasteiger partial charge in [-0.1, -0.05) is 6.08 Å². The molecule has 6 nitrogen and oxygen atoms in total. The van der Waals surface area contributed by atoms with Gasteiger partial charge in [0, 0.05) is 31.7 Å². The van der Waals surface area contributed by atoms with Crippen LogP contribution in [0.3, 0.4) is 0 Å². The van der Waals surface area contributed by atoms with Gasteiger partial charge in [0.05, 0.1) is 0 Å². The van der Waals surface area contributed by atoms with Crippen molar-refractivity contribution >= 4 is 12.0 Å². The average molecular weight is 281 g/mol. The number of carbonyl (C=O) groups is 2. The monoisotopic (exact) mass is 281 g/mol. The Morgan fingerprint density at radius 2 is 2.05 bits per heavy atom. The molecule has 2 fully saturated rings. The minimum atomic E-state index is -0.992. The van der Waals surface area contributed by atoms with E-state index < -0.39 is 5.97 Å². The van der Waals surface area contributed by atoms with E-state index in [9.17, 15) is 9.59 Å². The summed E-state index contributed by atoms with van der Waals surface area (Å²) in [6.07, 6.45) is 4.85. The van der Waals surface area contributed by atoms with Crippen molar-refractivity contribution in [2.75, 3.05) is 33.2 Å². The van der Waals surface area contributed by atoms with Crippen molar-refractivity contribution in [1.82, 2.24) is 14.7 Å². The molecule has 0 aromatic carbocycles. The van der Waals surface area contributed by atoms with E-state index in [-0.39, 0.29) is 19.1 Å². The molecular formula is C14H23N3O3. The number of fused-ring (bicyclic) bond motifs is 2. The number of likely N-dealkylation sites (N-methyl/N-ethyl adjacent to an activating group) is 1. The summed E-state index contributed by atoms with van der Waals surface area (Å²) in [6, 6.07) is 0.778. The maximum Gasteiger partial charge on any atom is 0.323 e. The van der Waals surface area contributed by atoms with Crippen LogP contribution in [-0.4, -0.2) is 77.1 Å². The van der Waals surface area contributed by atoms with Crippen molar-refractivity contribution in [3.63, 3.8) is 0 Å². The summed E-state index contributed by atoms with van der Waals surface area (Å²) < 4.78 is 0. The molecule has 1 N–H and O–H groups in total. The van der Waals surface area contributed by atoms with Gasteiger partial charge in [-0.05, 0) is 26.3 Å². The third-order valence-electron chi connectivity index (χ3n) is 4.37. The number of amides is 2. The van der Waals surface area contributed by atoms with E-state index in [1.807, 2.05) is 0 Å². The van der Waals surface area contributed by atoms with Crippen LogP contribution in [0.25, 0.3) is 0 Å². The lowest BCUT2D eigenvalue weighted by molar-refractivity contribution is -0.137. The fourth-order valence-electron chi connectivity index (χ4n) is 3.21. The van der Waals surface area contributed by atoms with E-state index in [0.29, 0.717) is 25.2 Å². The molecule has 0 aliphatic carbocycles. The third-order valence-corrected chi connectivity index (χ3v) is 4.37. The maximum absolute atomic E-state index is 12.5. The van der Waals surface area contributed by atoms with Crippen LogP contribution in [0.5, 0.6) is 0 Å². The highest BCUT2D eigenvalue weighted by molar-refractivity contribution is 5.80. The van der Waals surface area contributed by atoms with Crippen LogP contribution < -0.4 is 0 Å². The van der Waals surface area contributed by atoms with Crippen molar-refractivity contribution in [2.24, 2.45) is 0 Å². The molecule has 0 aromatic heterocycles. The van der Waals surface area contributed by atoms with Gasteiger partial charge in [-0.25, -0.2) is 4.79 Å². The molecule has 6 heteroatoms. The molecule has 2 aliphatic rings. The van der Waals surface area contributed by atoms with E-state index in [4.69, 9.17) is 5.11 Å². The summed E-state index contributed by atoms with van der Waals surface area (Å²) >= 11 is 0. The second-order valence-corrected chi connectivity index (χ2v) is 5.63. The Morgan fingerprint density at radius 3 is 2.70 bits per heavy atom. The minimum Gasteiger partial charge on any atom is -0.480 e. The lowest BCUT2D eigenvalue weighted by atomic mass is 10.1. The average Bonchev–Trinajstić information content (AvgIpc) is 2.61. The quantitative estimate of drug-likeness (QED) is 0.776. The summed E-state index contributed by atoms with van der Waals surface area (Å²) in [5.74, 6) is -0.992. The maximum atomic E-state index is 12.5. The van der Waals surface area contributed by atoms with Crippen LogP contribution in [0, 0.1) is 0 Å². The Labute approximate surface area is 119 Å². The Morgan fingerprint density at radius 1 is 1.35 bits per heavy atom. The van der Waals surface area contributed by atoms with Crippen molar-refractivity contribution < 1.29 is 14.7 Å². The Balaban J connectivity index is 2.03. The predicted octanol–water partition coefficient (Wildman–Crippen LogP) is 0.847. The number of carboxylic acid groups (broad SMARTS) is 1. The van der Waals surface area contributed by atoms with Gasteiger partial charge in [-0.3, -0.25) is 9.69 Å². The van der Waals surface area contributed by atoms with Crippen LogP contribution in [-0.2, 0) is 4.79 Å². The van der Waals surface area contributed by atoms with Crippen molar-refractivity contribution in [2.45, 2.75) is 31.3 Å². The number of carboxylic acids is 1. The minimum absolute atomic E-state index is 0.187. The number of hydrogen-bond acceptors (Lipinski definition) is 3. The highest BCUT2D eigenvalue weighted by atomic mass is 16.4. The van der Waals surface area contributed by atoms with Crippen LogP contribution in [0.1, 0.15) is 19.3 Å². The zero-order valence-electron chi connectivity index (χ0n) is 12.0. The zero-order chi connectivity index (χ0) is 14.7. The van der Waals surface area contributed by atoms with Gasteiger partial charge >= 0.3 is 12.0 Å². The number of nitrogens with zero attached hydrogens (tertiary/aromatic N) is 3. The van der Waals surface area contributed by atoms with Gasteiger partial charge in [-0.15, -0.1) is 6.58 Å². The molecule has 2 aliphatic heterocycles. The molecule has 2 amide bonds. The standard InChI is InChI=1S/C14H23N3O3/c1-3-7-16(10-13(18)19)14(20)17-8-6-11-4-5-12(9-17)15(11)2/h3,11-12H,1,4-10H2,2H3,(H,18,19). The largest absolute Gasteiger partial charge is 0.480 e. The van der Waals surface area contributed by atoms with E-state index in [1.54, 1.807) is 11.0 Å². The SMILES string of the molecule is C=CCN(CC(=O)O)C(=O)N1CCC2CCC(C1)N2C. The second kappa shape index (κ2) is 6.26. The molecule has 0 spiro atoms. The first-order valence-electron chi connectivity index (χ1n) is 7.11. The van der Waals surface area contributed by atoms with Crippen LogP contribution >= 0.6 is 0 Å². The van der Waals surface area contributed by atoms with Gasteiger partial charge in [0.25, 0.3) is 0 Å². The predicted molar refractivity (Wildman–Crippen MR) is 75.6 cm³/mol. The van der Waals surface area contributed by atoms with Gasteiger partial charge < -0.3 is 14.9 Å². The summed E-state index contributed by atoms with van der Waals surface area (Å²) in [6.45, 7) is 4.99. The van der Waals surface area contributed by atoms with Crippen LogP contribution in [0.4, 0.5) is 4.79 Å². The normalized spacial score (nSPS) is 26.1. The number of aliphatic carboxylic acids is 1. The number of rotatable bonds is 4. The molecule has 2 heterocycles. The highest BCUT2D eigenvalue weighted by Crippen LogP contribution is 2.28. The first-order valence-corrected chi connectivity index (χ1v) is 7.11. The van der Waals surface area contributed by atoms with Gasteiger partial charge in [0.2, 0.25) is 0 Å². The number of hydrogen-bond donors (Lipinski definition) is 1. The number of likely N-dealkylation sites (tertiary alicyclic amines) is 1. The molecule has 2 unspecified atom stereocenters. The smallest absolute Gasteiger partial charge is 0.323 e. The topological polar surface area (TPSA) is 64.1 Å². The highest BCUT2D eigenvalue weighted by Gasteiger charge is 2.37. The zero-order valence-corrected chi connectivity index (χ0v) is 12.0. The number of urea groups is 1. The van der Waals surface area contributed by atoms with Crippen LogP contribution in [0.2, 0.25) is 0 Å². The van der Waals surface area contributed by atoms with Crippen molar-refractivity contribution in [3.8, 4) is 0 Å². The fourth-order valence-corrected chi connectivity index (χ4v) is 3.21. The van der Waals surface area contributed by atoms with Crippen molar-refractivity contribution in [3.05, 3.63) is 12.7 Å². The Hall–Kier alpha value is -1.56. The molecule has 2 bridgehead atoms. The van der Waals surface area contributed by atoms with Gasteiger partial charge in [0.15, 0.2) is 0 Å². The molecule has 0 aromatic rings. The third kappa shape index (κ3) is 3.12. The second-order valence-electron chi connectivity index (χ2n) is 5.63. The Kier molecular flexibility index (Phi) is 4.65. The summed E-state index contributed by atoms with van der Waals surface area (Å²) in [4.78, 5) is 28.8. The summed E-state index contributed by atoms with van der Waals surface area (Å²) in [5.41, 5.74) is 0. The molecule has 112 valence electrons. The molecule has 0 radical (unpaired) electrons. The molecule has 2 atom stereocenters. The van der Waals surface area contributed by atoms with E-state index in [2.05, 4.69) is 18.5 Å². The number of carbonyl (C=O) groups excluding carboxylic acids is 1. The molecular weight excluding hydrogens is 258 g/mol. The Bertz CT molecular complexity index is 399.